The highest BCUT2D eigenvalue weighted by atomic mass is 35.5. The van der Waals surface area contributed by atoms with Crippen LogP contribution in [0.4, 0.5) is 5.69 Å². The topological polar surface area (TPSA) is 38.8 Å². The van der Waals surface area contributed by atoms with E-state index in [0.29, 0.717) is 16.7 Å². The van der Waals surface area contributed by atoms with Crippen LogP contribution >= 0.6 is 11.6 Å². The van der Waals surface area contributed by atoms with Crippen molar-refractivity contribution in [2.24, 2.45) is 0 Å². The summed E-state index contributed by atoms with van der Waals surface area (Å²) in [7, 11) is -0.352. The van der Waals surface area contributed by atoms with Gasteiger partial charge in [0.1, 0.15) is 0 Å². The number of benzene rings is 1. The molecule has 6 heteroatoms. The van der Waals surface area contributed by atoms with Crippen molar-refractivity contribution >= 4 is 31.6 Å². The van der Waals surface area contributed by atoms with Crippen molar-refractivity contribution in [2.45, 2.75) is 57.8 Å². The lowest BCUT2D eigenvalue weighted by atomic mass is 10.1. The summed E-state index contributed by atoms with van der Waals surface area (Å²) >= 11 is 6.39. The van der Waals surface area contributed by atoms with E-state index in [2.05, 4.69) is 38.8 Å². The summed E-state index contributed by atoms with van der Waals surface area (Å²) in [6.07, 6.45) is 2.33. The summed E-state index contributed by atoms with van der Waals surface area (Å²) in [6, 6.07) is 5.36. The summed E-state index contributed by atoms with van der Waals surface area (Å²) in [6.45, 7) is 13.3. The van der Waals surface area contributed by atoms with Crippen LogP contribution in [-0.4, -0.2) is 40.6 Å². The standard InChI is InChI=1S/C19H30ClNO3Si/c1-19(2,3)25(5,6)24-15-9-11-21(12-10-15)17-8-7-14(13-16(17)20)18(22)23-4/h7-8,13,15H,9-12H2,1-6H3. The Hall–Kier alpha value is -1.04. The van der Waals surface area contributed by atoms with Crippen LogP contribution in [0.15, 0.2) is 18.2 Å². The van der Waals surface area contributed by atoms with Gasteiger partial charge in [-0.1, -0.05) is 32.4 Å². The Kier molecular flexibility index (Phi) is 6.23. The van der Waals surface area contributed by atoms with Gasteiger partial charge >= 0.3 is 5.97 Å². The summed E-state index contributed by atoms with van der Waals surface area (Å²) in [4.78, 5) is 13.9. The van der Waals surface area contributed by atoms with Gasteiger partial charge in [0.25, 0.3) is 0 Å². The minimum absolute atomic E-state index is 0.233. The Bertz CT molecular complexity index is 620. The molecule has 1 aromatic rings. The van der Waals surface area contributed by atoms with Crippen molar-refractivity contribution in [2.75, 3.05) is 25.1 Å². The highest BCUT2D eigenvalue weighted by molar-refractivity contribution is 6.74. The van der Waals surface area contributed by atoms with Crippen molar-refractivity contribution in [1.29, 1.82) is 0 Å². The van der Waals surface area contributed by atoms with Gasteiger partial charge in [0.2, 0.25) is 0 Å². The number of methoxy groups -OCH3 is 1. The number of nitrogens with zero attached hydrogens (tertiary/aromatic N) is 1. The minimum atomic E-state index is -1.72. The van der Waals surface area contributed by atoms with Crippen molar-refractivity contribution in [1.82, 2.24) is 0 Å². The number of esters is 1. The van der Waals surface area contributed by atoms with Crippen LogP contribution in [0.5, 0.6) is 0 Å². The molecule has 2 rings (SSSR count). The van der Waals surface area contributed by atoms with E-state index in [-0.39, 0.29) is 11.0 Å². The van der Waals surface area contributed by atoms with Crippen molar-refractivity contribution < 1.29 is 14.0 Å². The number of anilines is 1. The summed E-state index contributed by atoms with van der Waals surface area (Å²) < 4.78 is 11.3. The predicted molar refractivity (Wildman–Crippen MR) is 106 cm³/mol. The maximum Gasteiger partial charge on any atom is 0.337 e. The minimum Gasteiger partial charge on any atom is -0.465 e. The highest BCUT2D eigenvalue weighted by Gasteiger charge is 2.39. The predicted octanol–water partition coefficient (Wildman–Crippen LogP) is 5.12. The zero-order valence-electron chi connectivity index (χ0n) is 16.2. The van der Waals surface area contributed by atoms with E-state index in [4.69, 9.17) is 20.8 Å². The first kappa shape index (κ1) is 20.3. The van der Waals surface area contributed by atoms with E-state index in [1.54, 1.807) is 12.1 Å². The van der Waals surface area contributed by atoms with Crippen molar-refractivity contribution in [3.8, 4) is 0 Å². The molecule has 1 heterocycles. The summed E-state index contributed by atoms with van der Waals surface area (Å²) in [5.74, 6) is -0.366. The van der Waals surface area contributed by atoms with Crippen molar-refractivity contribution in [3.63, 3.8) is 0 Å². The highest BCUT2D eigenvalue weighted by Crippen LogP contribution is 2.39. The van der Waals surface area contributed by atoms with Crippen LogP contribution in [0.1, 0.15) is 44.0 Å². The molecule has 140 valence electrons. The van der Waals surface area contributed by atoms with Gasteiger partial charge in [0, 0.05) is 19.2 Å². The number of carbonyl (C=O) groups excluding carboxylic acids is 1. The number of rotatable bonds is 4. The lowest BCUT2D eigenvalue weighted by molar-refractivity contribution is 0.0600. The molecule has 0 N–H and O–H groups in total. The zero-order valence-corrected chi connectivity index (χ0v) is 17.9. The second kappa shape index (κ2) is 7.68. The van der Waals surface area contributed by atoms with E-state index in [9.17, 15) is 4.79 Å². The zero-order chi connectivity index (χ0) is 18.8. The van der Waals surface area contributed by atoms with E-state index in [1.165, 1.54) is 7.11 Å². The van der Waals surface area contributed by atoms with Crippen LogP contribution in [-0.2, 0) is 9.16 Å². The van der Waals surface area contributed by atoms with Crippen LogP contribution in [0.3, 0.4) is 0 Å². The van der Waals surface area contributed by atoms with E-state index in [0.717, 1.165) is 31.6 Å². The Morgan fingerprint density at radius 1 is 1.24 bits per heavy atom. The molecule has 1 aliphatic rings. The Balaban J connectivity index is 2.00. The van der Waals surface area contributed by atoms with Gasteiger partial charge in [-0.05, 0) is 49.2 Å². The lowest BCUT2D eigenvalue weighted by Crippen LogP contribution is -2.47. The van der Waals surface area contributed by atoms with Crippen LogP contribution < -0.4 is 4.90 Å². The summed E-state index contributed by atoms with van der Waals surface area (Å²) in [5.41, 5.74) is 1.45. The molecular weight excluding hydrogens is 354 g/mol. The smallest absolute Gasteiger partial charge is 0.337 e. The Morgan fingerprint density at radius 3 is 2.32 bits per heavy atom. The number of hydrogen-bond donors (Lipinski definition) is 0. The van der Waals surface area contributed by atoms with Crippen LogP contribution in [0.2, 0.25) is 23.2 Å². The molecule has 0 saturated carbocycles. The quantitative estimate of drug-likeness (QED) is 0.534. The first-order valence-electron chi connectivity index (χ1n) is 8.86. The van der Waals surface area contributed by atoms with Crippen LogP contribution in [0.25, 0.3) is 0 Å². The lowest BCUT2D eigenvalue weighted by Gasteiger charge is -2.42. The third-order valence-corrected chi connectivity index (χ3v) is 10.3. The number of hydrogen-bond acceptors (Lipinski definition) is 4. The Labute approximate surface area is 157 Å². The normalized spacial score (nSPS) is 16.8. The fourth-order valence-electron chi connectivity index (χ4n) is 2.82. The number of halogens is 1. The molecule has 1 aliphatic heterocycles. The second-order valence-corrected chi connectivity index (χ2v) is 13.4. The fraction of sp³-hybridized carbons (Fsp3) is 0.632. The first-order chi connectivity index (χ1) is 11.5. The van der Waals surface area contributed by atoms with Gasteiger partial charge in [-0.3, -0.25) is 0 Å². The molecule has 0 amide bonds. The molecule has 0 unspecified atom stereocenters. The molecule has 1 fully saturated rings. The van der Waals surface area contributed by atoms with E-state index in [1.807, 2.05) is 6.07 Å². The van der Waals surface area contributed by atoms with E-state index < -0.39 is 8.32 Å². The molecule has 0 atom stereocenters. The van der Waals surface area contributed by atoms with Gasteiger partial charge in [-0.15, -0.1) is 0 Å². The van der Waals surface area contributed by atoms with Gasteiger partial charge in [0.05, 0.1) is 23.4 Å². The fourth-order valence-corrected chi connectivity index (χ4v) is 4.54. The maximum atomic E-state index is 11.6. The van der Waals surface area contributed by atoms with Gasteiger partial charge in [-0.25, -0.2) is 4.79 Å². The molecule has 25 heavy (non-hydrogen) atoms. The van der Waals surface area contributed by atoms with E-state index >= 15 is 0 Å². The largest absolute Gasteiger partial charge is 0.465 e. The average molecular weight is 384 g/mol. The first-order valence-corrected chi connectivity index (χ1v) is 12.1. The van der Waals surface area contributed by atoms with Gasteiger partial charge in [-0.2, -0.15) is 0 Å². The molecule has 0 radical (unpaired) electrons. The van der Waals surface area contributed by atoms with Gasteiger partial charge < -0.3 is 14.1 Å². The number of piperidine rings is 1. The molecular formula is C19H30ClNO3Si. The van der Waals surface area contributed by atoms with Crippen LogP contribution in [0, 0.1) is 0 Å². The summed E-state index contributed by atoms with van der Waals surface area (Å²) in [5, 5.41) is 0.823. The average Bonchev–Trinajstić information content (AvgIpc) is 2.53. The third-order valence-electron chi connectivity index (χ3n) is 5.42. The monoisotopic (exact) mass is 383 g/mol. The Morgan fingerprint density at radius 2 is 1.84 bits per heavy atom. The molecule has 4 nitrogen and oxygen atoms in total. The number of carbonyl (C=O) groups is 1. The third kappa shape index (κ3) is 4.77. The molecule has 0 bridgehead atoms. The molecule has 0 aliphatic carbocycles. The molecule has 0 aromatic heterocycles. The number of ether oxygens (including phenoxy) is 1. The molecule has 1 saturated heterocycles. The maximum absolute atomic E-state index is 11.6. The van der Waals surface area contributed by atoms with Gasteiger partial charge in [0.15, 0.2) is 8.32 Å². The molecule has 1 aromatic carbocycles. The molecule has 0 spiro atoms. The van der Waals surface area contributed by atoms with Crippen molar-refractivity contribution in [3.05, 3.63) is 28.8 Å². The SMILES string of the molecule is COC(=O)c1ccc(N2CCC(O[Si](C)(C)C(C)(C)C)CC2)c(Cl)c1. The second-order valence-electron chi connectivity index (χ2n) is 8.22.